The quantitative estimate of drug-likeness (QED) is 0.589. The maximum atomic E-state index is 2.23. The molecular weight excluding hydrogens is 196 g/mol. The van der Waals surface area contributed by atoms with Crippen LogP contribution in [0.15, 0.2) is 42.5 Å². The Bertz CT molecular complexity index is 492. The topological polar surface area (TPSA) is 0 Å². The van der Waals surface area contributed by atoms with E-state index in [0.717, 1.165) is 6.42 Å². The van der Waals surface area contributed by atoms with Crippen molar-refractivity contribution in [2.24, 2.45) is 0 Å². The Morgan fingerprint density at radius 3 is 2.53 bits per heavy atom. The van der Waals surface area contributed by atoms with Crippen LogP contribution in [0.2, 0.25) is 6.55 Å². The van der Waals surface area contributed by atoms with E-state index in [9.17, 15) is 0 Å². The molecule has 0 aliphatic heterocycles. The van der Waals surface area contributed by atoms with Crippen molar-refractivity contribution in [1.82, 2.24) is 0 Å². The predicted molar refractivity (Wildman–Crippen MR) is 72.5 cm³/mol. The summed E-state index contributed by atoms with van der Waals surface area (Å²) < 4.78 is 0. The standard InChI is InChI=1S/C13H10.CH6Si/c1-4-10-6-2-8-12-9-3-7-11(5-1)13(10)12;1-2/h1-8H,9H2;1-2H3. The molecule has 0 nitrogen and oxygen atoms in total. The average Bonchev–Trinajstić information content (AvgIpc) is 2.33. The van der Waals surface area contributed by atoms with Crippen molar-refractivity contribution >= 4 is 27.1 Å². The van der Waals surface area contributed by atoms with Gasteiger partial charge in [-0.15, -0.1) is 0 Å². The summed E-state index contributed by atoms with van der Waals surface area (Å²) in [5.74, 6) is 0. The van der Waals surface area contributed by atoms with Gasteiger partial charge in [0.15, 0.2) is 0 Å². The van der Waals surface area contributed by atoms with Gasteiger partial charge in [-0.05, 0) is 38.6 Å². The van der Waals surface area contributed by atoms with Gasteiger partial charge in [0.2, 0.25) is 0 Å². The smallest absolute Gasteiger partial charge is 0.000585 e. The maximum absolute atomic E-state index is 2.23. The number of hydrogen-bond acceptors (Lipinski definition) is 0. The second kappa shape index (κ2) is 4.45. The van der Waals surface area contributed by atoms with Crippen LogP contribution in [-0.2, 0) is 6.42 Å². The van der Waals surface area contributed by atoms with Crippen LogP contribution in [0.3, 0.4) is 0 Å². The SMILES string of the molecule is C1=Cc2cccc3cccc(c23)C1.C[SiH3]. The van der Waals surface area contributed by atoms with Crippen LogP contribution in [0.25, 0.3) is 16.8 Å². The molecule has 1 aliphatic rings. The number of rotatable bonds is 0. The highest BCUT2D eigenvalue weighted by molar-refractivity contribution is 6.05. The molecule has 0 fully saturated rings. The molecule has 0 N–H and O–H groups in total. The molecule has 0 aromatic heterocycles. The summed E-state index contributed by atoms with van der Waals surface area (Å²) in [5.41, 5.74) is 2.81. The molecule has 0 spiro atoms. The van der Waals surface area contributed by atoms with Gasteiger partial charge in [-0.3, -0.25) is 0 Å². The lowest BCUT2D eigenvalue weighted by Gasteiger charge is -2.11. The highest BCUT2D eigenvalue weighted by Gasteiger charge is 2.06. The fourth-order valence-electron chi connectivity index (χ4n) is 2.07. The molecule has 0 atom stereocenters. The zero-order valence-corrected chi connectivity index (χ0v) is 11.3. The van der Waals surface area contributed by atoms with Crippen LogP contribution in [0, 0.1) is 0 Å². The molecule has 0 heterocycles. The van der Waals surface area contributed by atoms with Crippen LogP contribution >= 0.6 is 0 Å². The van der Waals surface area contributed by atoms with E-state index < -0.39 is 0 Å². The molecule has 76 valence electrons. The van der Waals surface area contributed by atoms with E-state index in [4.69, 9.17) is 0 Å². The van der Waals surface area contributed by atoms with Crippen LogP contribution in [0.5, 0.6) is 0 Å². The van der Waals surface area contributed by atoms with Crippen molar-refractivity contribution < 1.29 is 0 Å². The van der Waals surface area contributed by atoms with Crippen LogP contribution in [-0.4, -0.2) is 10.2 Å². The van der Waals surface area contributed by atoms with E-state index in [1.807, 2.05) is 0 Å². The first-order valence-electron chi connectivity index (χ1n) is 5.62. The first-order chi connectivity index (χ1) is 7.45. The van der Waals surface area contributed by atoms with Gasteiger partial charge in [0.1, 0.15) is 0 Å². The zero-order chi connectivity index (χ0) is 10.7. The lowest BCUT2D eigenvalue weighted by Crippen LogP contribution is -1.91. The lowest BCUT2D eigenvalue weighted by molar-refractivity contribution is 1.29. The first-order valence-corrected chi connectivity index (χ1v) is 7.62. The largest absolute Gasteiger partial charge is 0.0795 e. The minimum absolute atomic E-state index is 1.08. The van der Waals surface area contributed by atoms with Gasteiger partial charge in [-0.2, -0.15) is 0 Å². The molecule has 2 aromatic rings. The number of allylic oxidation sites excluding steroid dienone is 1. The van der Waals surface area contributed by atoms with E-state index in [-0.39, 0.29) is 0 Å². The Hall–Kier alpha value is -1.34. The third-order valence-corrected chi connectivity index (χ3v) is 2.66. The van der Waals surface area contributed by atoms with Gasteiger partial charge < -0.3 is 0 Å². The summed E-state index contributed by atoms with van der Waals surface area (Å²) in [5, 5.41) is 2.80. The molecule has 2 aromatic carbocycles. The molecule has 0 unspecified atom stereocenters. The maximum Gasteiger partial charge on any atom is -0.000585 e. The summed E-state index contributed by atoms with van der Waals surface area (Å²) in [6.45, 7) is 2.14. The van der Waals surface area contributed by atoms with E-state index in [2.05, 4.69) is 55.1 Å². The Morgan fingerprint density at radius 1 is 1.00 bits per heavy atom. The molecule has 0 saturated heterocycles. The fraction of sp³-hybridized carbons (Fsp3) is 0.143. The average molecular weight is 212 g/mol. The summed E-state index contributed by atoms with van der Waals surface area (Å²) in [6.07, 6.45) is 5.53. The van der Waals surface area contributed by atoms with Crippen molar-refractivity contribution in [2.75, 3.05) is 0 Å². The molecule has 0 radical (unpaired) electrons. The second-order valence-electron chi connectivity index (χ2n) is 3.47. The minimum Gasteiger partial charge on any atom is -0.0795 e. The van der Waals surface area contributed by atoms with E-state index >= 15 is 0 Å². The van der Waals surface area contributed by atoms with Gasteiger partial charge >= 0.3 is 0 Å². The van der Waals surface area contributed by atoms with Gasteiger partial charge in [0, 0.05) is 0 Å². The summed E-state index contributed by atoms with van der Waals surface area (Å²) in [7, 11) is 1.31. The van der Waals surface area contributed by atoms with Crippen molar-refractivity contribution in [1.29, 1.82) is 0 Å². The van der Waals surface area contributed by atoms with Gasteiger partial charge in [0.05, 0.1) is 0 Å². The van der Waals surface area contributed by atoms with Crippen molar-refractivity contribution in [2.45, 2.75) is 13.0 Å². The molecule has 0 bridgehead atoms. The summed E-state index contributed by atoms with van der Waals surface area (Å²) in [6, 6.07) is 13.0. The molecule has 1 aliphatic carbocycles. The highest BCUT2D eigenvalue weighted by atomic mass is 28.1. The minimum atomic E-state index is 1.08. The van der Waals surface area contributed by atoms with Crippen molar-refractivity contribution in [3.05, 3.63) is 53.6 Å². The molecule has 0 amide bonds. The second-order valence-corrected chi connectivity index (χ2v) is 3.47. The molecule has 0 saturated carbocycles. The number of benzene rings is 2. The van der Waals surface area contributed by atoms with Gasteiger partial charge in [-0.1, -0.05) is 55.1 Å². The predicted octanol–water partition coefficient (Wildman–Crippen LogP) is 2.81. The van der Waals surface area contributed by atoms with Crippen LogP contribution in [0.1, 0.15) is 11.1 Å². The Morgan fingerprint density at radius 2 is 1.73 bits per heavy atom. The molecular formula is C14H16Si. The van der Waals surface area contributed by atoms with E-state index in [1.54, 1.807) is 0 Å². The number of hydrogen-bond donors (Lipinski definition) is 0. The molecule has 1 heteroatoms. The third kappa shape index (κ3) is 1.75. The normalized spacial score (nSPS) is 12.3. The van der Waals surface area contributed by atoms with E-state index in [0.29, 0.717) is 0 Å². The first kappa shape index (κ1) is 10.2. The highest BCUT2D eigenvalue weighted by Crippen LogP contribution is 2.27. The molecule has 15 heavy (non-hydrogen) atoms. The van der Waals surface area contributed by atoms with Crippen LogP contribution in [0.4, 0.5) is 0 Å². The van der Waals surface area contributed by atoms with Gasteiger partial charge in [0.25, 0.3) is 0 Å². The summed E-state index contributed by atoms with van der Waals surface area (Å²) in [4.78, 5) is 0. The van der Waals surface area contributed by atoms with Crippen molar-refractivity contribution in [3.8, 4) is 0 Å². The van der Waals surface area contributed by atoms with Gasteiger partial charge in [-0.25, -0.2) is 0 Å². The monoisotopic (exact) mass is 212 g/mol. The van der Waals surface area contributed by atoms with E-state index in [1.165, 1.54) is 32.1 Å². The Balaban J connectivity index is 0.000000404. The lowest BCUT2D eigenvalue weighted by atomic mass is 9.93. The third-order valence-electron chi connectivity index (χ3n) is 2.66. The van der Waals surface area contributed by atoms with Crippen LogP contribution < -0.4 is 0 Å². The zero-order valence-electron chi connectivity index (χ0n) is 9.33. The molecule has 3 rings (SSSR count). The fourth-order valence-corrected chi connectivity index (χ4v) is 2.07. The van der Waals surface area contributed by atoms with Crippen molar-refractivity contribution in [3.63, 3.8) is 0 Å². The summed E-state index contributed by atoms with van der Waals surface area (Å²) >= 11 is 0. The Kier molecular flexibility index (Phi) is 3.02. The Labute approximate surface area is 94.1 Å².